The van der Waals surface area contributed by atoms with Gasteiger partial charge in [0.25, 0.3) is 0 Å². The molecule has 2 heterocycles. The Kier molecular flexibility index (Phi) is 3.57. The molecule has 0 radical (unpaired) electrons. The molecule has 0 N–H and O–H groups in total. The molecule has 106 valence electrons. The van der Waals surface area contributed by atoms with Crippen LogP contribution >= 0.6 is 0 Å². The molecule has 1 saturated heterocycles. The first-order chi connectivity index (χ1) is 9.66. The molecular formula is C16H19FN2O. The van der Waals surface area contributed by atoms with Crippen molar-refractivity contribution in [1.29, 1.82) is 0 Å². The minimum Gasteiger partial charge on any atom is -0.361 e. The van der Waals surface area contributed by atoms with E-state index in [1.807, 2.05) is 26.0 Å². The molecule has 20 heavy (non-hydrogen) atoms. The van der Waals surface area contributed by atoms with Gasteiger partial charge >= 0.3 is 0 Å². The predicted octanol–water partition coefficient (Wildman–Crippen LogP) is 3.77. The lowest BCUT2D eigenvalue weighted by atomic mass is 10.0. The van der Waals surface area contributed by atoms with Crippen molar-refractivity contribution >= 4 is 0 Å². The molecule has 0 bridgehead atoms. The van der Waals surface area contributed by atoms with E-state index in [0.29, 0.717) is 12.6 Å². The summed E-state index contributed by atoms with van der Waals surface area (Å²) in [6, 6.07) is 7.29. The van der Waals surface area contributed by atoms with Crippen molar-refractivity contribution in [2.45, 2.75) is 39.3 Å². The Morgan fingerprint density at radius 1 is 1.35 bits per heavy atom. The largest absolute Gasteiger partial charge is 0.361 e. The highest BCUT2D eigenvalue weighted by Crippen LogP contribution is 2.36. The van der Waals surface area contributed by atoms with Gasteiger partial charge in [-0.2, -0.15) is 0 Å². The number of hydrogen-bond donors (Lipinski definition) is 0. The maximum Gasteiger partial charge on any atom is 0.138 e. The monoisotopic (exact) mass is 274 g/mol. The Labute approximate surface area is 118 Å². The molecule has 1 fully saturated rings. The molecule has 1 aliphatic rings. The average molecular weight is 274 g/mol. The number of halogens is 1. The smallest absolute Gasteiger partial charge is 0.138 e. The number of likely N-dealkylation sites (tertiary alicyclic amines) is 1. The van der Waals surface area contributed by atoms with Crippen LogP contribution in [0.4, 0.5) is 4.39 Å². The fourth-order valence-corrected chi connectivity index (χ4v) is 3.15. The van der Waals surface area contributed by atoms with Crippen LogP contribution in [0, 0.1) is 19.7 Å². The van der Waals surface area contributed by atoms with Gasteiger partial charge in [-0.3, -0.25) is 4.90 Å². The Balaban J connectivity index is 1.85. The quantitative estimate of drug-likeness (QED) is 0.853. The fourth-order valence-electron chi connectivity index (χ4n) is 3.15. The molecule has 0 spiro atoms. The number of benzene rings is 1. The normalized spacial score (nSPS) is 19.6. The van der Waals surface area contributed by atoms with E-state index >= 15 is 0 Å². The van der Waals surface area contributed by atoms with Gasteiger partial charge in [0.2, 0.25) is 0 Å². The van der Waals surface area contributed by atoms with Crippen molar-refractivity contribution in [3.63, 3.8) is 0 Å². The van der Waals surface area contributed by atoms with Crippen LogP contribution in [-0.4, -0.2) is 16.6 Å². The molecule has 0 aliphatic carbocycles. The lowest BCUT2D eigenvalue weighted by Crippen LogP contribution is -2.24. The Hall–Kier alpha value is -1.68. The number of rotatable bonds is 3. The summed E-state index contributed by atoms with van der Waals surface area (Å²) in [7, 11) is 0. The van der Waals surface area contributed by atoms with Crippen LogP contribution in [0.25, 0.3) is 0 Å². The average Bonchev–Trinajstić information content (AvgIpc) is 2.99. The van der Waals surface area contributed by atoms with Gasteiger partial charge in [-0.05, 0) is 39.3 Å². The fraction of sp³-hybridized carbons (Fsp3) is 0.438. The summed E-state index contributed by atoms with van der Waals surface area (Å²) >= 11 is 0. The van der Waals surface area contributed by atoms with Crippen molar-refractivity contribution in [2.75, 3.05) is 6.54 Å². The zero-order valence-electron chi connectivity index (χ0n) is 11.9. The maximum atomic E-state index is 13.8. The van der Waals surface area contributed by atoms with Crippen molar-refractivity contribution < 1.29 is 8.91 Å². The standard InChI is InChI=1S/C16H19FN2O/c1-11-16(12(2)20-18-11)15-8-5-9-19(15)10-13-6-3-4-7-14(13)17/h3-4,6-7,15H,5,8-10H2,1-2H3/t15-/m1/s1. The van der Waals surface area contributed by atoms with Crippen molar-refractivity contribution in [3.05, 3.63) is 52.7 Å². The first-order valence-corrected chi connectivity index (χ1v) is 7.07. The lowest BCUT2D eigenvalue weighted by Gasteiger charge is -2.24. The van der Waals surface area contributed by atoms with Gasteiger partial charge in [0.1, 0.15) is 11.6 Å². The van der Waals surface area contributed by atoms with E-state index in [2.05, 4.69) is 10.1 Å². The Morgan fingerprint density at radius 3 is 2.85 bits per heavy atom. The third-order valence-corrected chi connectivity index (χ3v) is 4.12. The lowest BCUT2D eigenvalue weighted by molar-refractivity contribution is 0.242. The summed E-state index contributed by atoms with van der Waals surface area (Å²) in [5, 5.41) is 4.04. The molecule has 3 nitrogen and oxygen atoms in total. The van der Waals surface area contributed by atoms with Gasteiger partial charge in [-0.25, -0.2) is 4.39 Å². The molecule has 0 unspecified atom stereocenters. The molecule has 1 atom stereocenters. The number of hydrogen-bond acceptors (Lipinski definition) is 3. The molecule has 1 aromatic heterocycles. The number of aryl methyl sites for hydroxylation is 2. The van der Waals surface area contributed by atoms with Crippen molar-refractivity contribution in [3.8, 4) is 0 Å². The van der Waals surface area contributed by atoms with Gasteiger partial charge in [0, 0.05) is 23.7 Å². The van der Waals surface area contributed by atoms with E-state index in [-0.39, 0.29) is 5.82 Å². The summed E-state index contributed by atoms with van der Waals surface area (Å²) in [5.41, 5.74) is 2.89. The second kappa shape index (κ2) is 5.37. The Morgan fingerprint density at radius 2 is 2.15 bits per heavy atom. The van der Waals surface area contributed by atoms with Crippen LogP contribution in [0.1, 0.15) is 41.5 Å². The zero-order chi connectivity index (χ0) is 14.1. The highest BCUT2D eigenvalue weighted by atomic mass is 19.1. The van der Waals surface area contributed by atoms with Crippen LogP contribution in [-0.2, 0) is 6.54 Å². The summed E-state index contributed by atoms with van der Waals surface area (Å²) in [6.45, 7) is 5.56. The van der Waals surface area contributed by atoms with Gasteiger partial charge in [-0.15, -0.1) is 0 Å². The molecule has 2 aromatic rings. The third kappa shape index (κ3) is 2.36. The van der Waals surface area contributed by atoms with Crippen molar-refractivity contribution in [2.24, 2.45) is 0 Å². The van der Waals surface area contributed by atoms with Gasteiger partial charge in [0.15, 0.2) is 0 Å². The summed E-state index contributed by atoms with van der Waals surface area (Å²) in [4.78, 5) is 2.32. The minimum absolute atomic E-state index is 0.128. The van der Waals surface area contributed by atoms with Gasteiger partial charge in [0.05, 0.1) is 5.69 Å². The summed E-state index contributed by atoms with van der Waals surface area (Å²) in [5.74, 6) is 0.754. The highest BCUT2D eigenvalue weighted by molar-refractivity contribution is 5.27. The molecule has 1 aliphatic heterocycles. The summed E-state index contributed by atoms with van der Waals surface area (Å²) < 4.78 is 19.1. The third-order valence-electron chi connectivity index (χ3n) is 4.12. The van der Waals surface area contributed by atoms with Gasteiger partial charge in [-0.1, -0.05) is 23.4 Å². The van der Waals surface area contributed by atoms with Crippen LogP contribution in [0.2, 0.25) is 0 Å². The highest BCUT2D eigenvalue weighted by Gasteiger charge is 2.30. The molecule has 0 saturated carbocycles. The summed E-state index contributed by atoms with van der Waals surface area (Å²) in [6.07, 6.45) is 2.21. The van der Waals surface area contributed by atoms with E-state index < -0.39 is 0 Å². The predicted molar refractivity (Wildman–Crippen MR) is 74.8 cm³/mol. The SMILES string of the molecule is Cc1noc(C)c1[C@H]1CCCN1Cc1ccccc1F. The van der Waals surface area contributed by atoms with Crippen LogP contribution in [0.5, 0.6) is 0 Å². The van der Waals surface area contributed by atoms with E-state index in [4.69, 9.17) is 4.52 Å². The second-order valence-corrected chi connectivity index (χ2v) is 5.46. The van der Waals surface area contributed by atoms with Gasteiger partial charge < -0.3 is 4.52 Å². The van der Waals surface area contributed by atoms with E-state index in [1.54, 1.807) is 6.07 Å². The number of aromatic nitrogens is 1. The Bertz CT molecular complexity index is 589. The van der Waals surface area contributed by atoms with E-state index in [1.165, 1.54) is 11.6 Å². The number of nitrogens with zero attached hydrogens (tertiary/aromatic N) is 2. The van der Waals surface area contributed by atoms with E-state index in [9.17, 15) is 4.39 Å². The molecule has 4 heteroatoms. The molecule has 3 rings (SSSR count). The van der Waals surface area contributed by atoms with Crippen LogP contribution in [0.15, 0.2) is 28.8 Å². The first-order valence-electron chi connectivity index (χ1n) is 7.07. The minimum atomic E-state index is -0.128. The molecule has 1 aromatic carbocycles. The molecule has 0 amide bonds. The van der Waals surface area contributed by atoms with E-state index in [0.717, 1.165) is 36.4 Å². The second-order valence-electron chi connectivity index (χ2n) is 5.46. The zero-order valence-corrected chi connectivity index (χ0v) is 11.9. The van der Waals surface area contributed by atoms with Crippen LogP contribution < -0.4 is 0 Å². The maximum absolute atomic E-state index is 13.8. The molecular weight excluding hydrogens is 255 g/mol. The van der Waals surface area contributed by atoms with Crippen molar-refractivity contribution in [1.82, 2.24) is 10.1 Å². The topological polar surface area (TPSA) is 29.3 Å². The first kappa shape index (κ1) is 13.3. The van der Waals surface area contributed by atoms with Crippen LogP contribution in [0.3, 0.4) is 0 Å².